The highest BCUT2D eigenvalue weighted by molar-refractivity contribution is 6.32. The van der Waals surface area contributed by atoms with E-state index in [-0.39, 0.29) is 6.04 Å². The fraction of sp³-hybridized carbons (Fsp3) is 0.200. The molecule has 0 saturated carbocycles. The number of anilines is 3. The Morgan fingerprint density at radius 3 is 2.50 bits per heavy atom. The number of benzene rings is 2. The van der Waals surface area contributed by atoms with Crippen LogP contribution in [0.2, 0.25) is 5.02 Å². The average molecular weight is 369 g/mol. The lowest BCUT2D eigenvalue weighted by Gasteiger charge is -2.16. The van der Waals surface area contributed by atoms with Gasteiger partial charge in [-0.15, -0.1) is 0 Å². The zero-order valence-corrected chi connectivity index (χ0v) is 15.7. The summed E-state index contributed by atoms with van der Waals surface area (Å²) in [6.07, 6.45) is 0. The Morgan fingerprint density at radius 1 is 1.04 bits per heavy atom. The number of nitrogens with one attached hydrogen (secondary N) is 2. The Balaban J connectivity index is 1.78. The molecule has 1 heterocycles. The number of rotatable bonds is 6. The van der Waals surface area contributed by atoms with Crippen LogP contribution in [0.1, 0.15) is 24.2 Å². The van der Waals surface area contributed by atoms with Gasteiger partial charge < -0.3 is 15.4 Å². The summed E-state index contributed by atoms with van der Waals surface area (Å²) in [7, 11) is 1.59. The third kappa shape index (κ3) is 4.43. The van der Waals surface area contributed by atoms with E-state index >= 15 is 0 Å². The van der Waals surface area contributed by atoms with Gasteiger partial charge in [0.05, 0.1) is 18.2 Å². The fourth-order valence-electron chi connectivity index (χ4n) is 2.61. The molecule has 0 fully saturated rings. The van der Waals surface area contributed by atoms with E-state index in [1.165, 1.54) is 5.56 Å². The summed E-state index contributed by atoms with van der Waals surface area (Å²) >= 11 is 6.18. The van der Waals surface area contributed by atoms with Gasteiger partial charge in [0, 0.05) is 17.4 Å². The van der Waals surface area contributed by atoms with E-state index in [1.807, 2.05) is 43.3 Å². The molecule has 134 valence electrons. The summed E-state index contributed by atoms with van der Waals surface area (Å²) in [5, 5.41) is 7.15. The van der Waals surface area contributed by atoms with Crippen molar-refractivity contribution in [1.82, 2.24) is 9.97 Å². The molecule has 3 rings (SSSR count). The van der Waals surface area contributed by atoms with E-state index in [1.54, 1.807) is 13.2 Å². The molecule has 2 aromatic carbocycles. The van der Waals surface area contributed by atoms with Crippen molar-refractivity contribution < 1.29 is 4.74 Å². The molecule has 2 N–H and O–H groups in total. The van der Waals surface area contributed by atoms with E-state index in [9.17, 15) is 0 Å². The minimum absolute atomic E-state index is 0.0984. The van der Waals surface area contributed by atoms with Crippen LogP contribution in [0.5, 0.6) is 5.75 Å². The third-order valence-corrected chi connectivity index (χ3v) is 4.22. The molecule has 3 aromatic rings. The van der Waals surface area contributed by atoms with Gasteiger partial charge in [-0.1, -0.05) is 41.9 Å². The Kier molecular flexibility index (Phi) is 5.58. The summed E-state index contributed by atoms with van der Waals surface area (Å²) in [6, 6.07) is 17.7. The molecule has 0 aliphatic rings. The van der Waals surface area contributed by atoms with Crippen molar-refractivity contribution in [3.05, 3.63) is 70.9 Å². The molecule has 0 radical (unpaired) electrons. The molecular formula is C20H21ClN4O. The van der Waals surface area contributed by atoms with Crippen LogP contribution < -0.4 is 15.4 Å². The molecule has 1 aromatic heterocycles. The lowest BCUT2D eigenvalue weighted by atomic mass is 10.1. The van der Waals surface area contributed by atoms with Crippen LogP contribution >= 0.6 is 11.6 Å². The topological polar surface area (TPSA) is 59.1 Å². The van der Waals surface area contributed by atoms with Crippen molar-refractivity contribution in [2.45, 2.75) is 19.9 Å². The van der Waals surface area contributed by atoms with Gasteiger partial charge in [-0.05, 0) is 37.6 Å². The maximum absolute atomic E-state index is 6.18. The SMILES string of the molecule is COc1ccc(Nc2cc(C)nc(NC(C)c3ccccc3)n2)cc1Cl. The van der Waals surface area contributed by atoms with Gasteiger partial charge in [0.15, 0.2) is 0 Å². The third-order valence-electron chi connectivity index (χ3n) is 3.92. The van der Waals surface area contributed by atoms with Gasteiger partial charge in [-0.3, -0.25) is 0 Å². The molecule has 5 nitrogen and oxygen atoms in total. The number of aryl methyl sites for hydroxylation is 1. The van der Waals surface area contributed by atoms with Crippen molar-refractivity contribution in [3.8, 4) is 5.75 Å². The molecule has 1 atom stereocenters. The normalized spacial score (nSPS) is 11.7. The van der Waals surface area contributed by atoms with E-state index in [0.717, 1.165) is 11.4 Å². The van der Waals surface area contributed by atoms with Crippen LogP contribution in [0.25, 0.3) is 0 Å². The van der Waals surface area contributed by atoms with Gasteiger partial charge in [-0.2, -0.15) is 4.98 Å². The molecule has 0 spiro atoms. The summed E-state index contributed by atoms with van der Waals surface area (Å²) in [4.78, 5) is 9.04. The molecule has 26 heavy (non-hydrogen) atoms. The number of aromatic nitrogens is 2. The Bertz CT molecular complexity index is 886. The van der Waals surface area contributed by atoms with Crippen molar-refractivity contribution >= 4 is 29.1 Å². The van der Waals surface area contributed by atoms with Gasteiger partial charge in [0.25, 0.3) is 0 Å². The Labute approximate surface area is 158 Å². The molecule has 0 saturated heterocycles. The molecule has 6 heteroatoms. The first kappa shape index (κ1) is 18.0. The number of hydrogen-bond donors (Lipinski definition) is 2. The quantitative estimate of drug-likeness (QED) is 0.613. The van der Waals surface area contributed by atoms with Crippen molar-refractivity contribution in [2.75, 3.05) is 17.7 Å². The number of hydrogen-bond acceptors (Lipinski definition) is 5. The second-order valence-corrected chi connectivity index (χ2v) is 6.38. The first-order valence-electron chi connectivity index (χ1n) is 8.33. The van der Waals surface area contributed by atoms with Crippen molar-refractivity contribution in [3.63, 3.8) is 0 Å². The summed E-state index contributed by atoms with van der Waals surface area (Å²) < 4.78 is 5.18. The van der Waals surface area contributed by atoms with Crippen LogP contribution in [0, 0.1) is 6.92 Å². The number of methoxy groups -OCH3 is 1. The second-order valence-electron chi connectivity index (χ2n) is 5.97. The highest BCUT2D eigenvalue weighted by atomic mass is 35.5. The lowest BCUT2D eigenvalue weighted by Crippen LogP contribution is -2.10. The maximum atomic E-state index is 6.18. The molecule has 0 amide bonds. The number of ether oxygens (including phenoxy) is 1. The molecular weight excluding hydrogens is 348 g/mol. The van der Waals surface area contributed by atoms with Gasteiger partial charge in [0.1, 0.15) is 11.6 Å². The van der Waals surface area contributed by atoms with Gasteiger partial charge in [0.2, 0.25) is 5.95 Å². The van der Waals surface area contributed by atoms with Gasteiger partial charge >= 0.3 is 0 Å². The molecule has 1 unspecified atom stereocenters. The highest BCUT2D eigenvalue weighted by Gasteiger charge is 2.09. The fourth-order valence-corrected chi connectivity index (χ4v) is 2.87. The zero-order chi connectivity index (χ0) is 18.5. The number of nitrogens with zero attached hydrogens (tertiary/aromatic N) is 2. The minimum atomic E-state index is 0.0984. The highest BCUT2D eigenvalue weighted by Crippen LogP contribution is 2.29. The van der Waals surface area contributed by atoms with Crippen LogP contribution in [0.4, 0.5) is 17.5 Å². The molecule has 0 bridgehead atoms. The smallest absolute Gasteiger partial charge is 0.225 e. The summed E-state index contributed by atoms with van der Waals surface area (Å²) in [5.41, 5.74) is 2.87. The molecule has 0 aliphatic heterocycles. The van der Waals surface area contributed by atoms with E-state index in [2.05, 4.69) is 39.7 Å². The monoisotopic (exact) mass is 368 g/mol. The first-order chi connectivity index (χ1) is 12.5. The summed E-state index contributed by atoms with van der Waals surface area (Å²) in [5.74, 6) is 1.90. The Hall–Kier alpha value is -2.79. The molecule has 0 aliphatic carbocycles. The van der Waals surface area contributed by atoms with Crippen LogP contribution in [0.3, 0.4) is 0 Å². The maximum Gasteiger partial charge on any atom is 0.225 e. The second kappa shape index (κ2) is 8.06. The Morgan fingerprint density at radius 2 is 1.81 bits per heavy atom. The van der Waals surface area contributed by atoms with Crippen molar-refractivity contribution in [2.24, 2.45) is 0 Å². The van der Waals surface area contributed by atoms with E-state index in [0.29, 0.717) is 22.5 Å². The first-order valence-corrected chi connectivity index (χ1v) is 8.70. The van der Waals surface area contributed by atoms with Crippen LogP contribution in [-0.2, 0) is 0 Å². The number of halogens is 1. The largest absolute Gasteiger partial charge is 0.495 e. The standard InChI is InChI=1S/C20H21ClN4O/c1-13-11-19(24-16-9-10-18(26-3)17(21)12-16)25-20(22-13)23-14(2)15-7-5-4-6-8-15/h4-12,14H,1-3H3,(H2,22,23,24,25). The van der Waals surface area contributed by atoms with E-state index < -0.39 is 0 Å². The zero-order valence-electron chi connectivity index (χ0n) is 15.0. The predicted molar refractivity (Wildman–Crippen MR) is 107 cm³/mol. The van der Waals surface area contributed by atoms with Crippen LogP contribution in [-0.4, -0.2) is 17.1 Å². The van der Waals surface area contributed by atoms with Crippen LogP contribution in [0.15, 0.2) is 54.6 Å². The van der Waals surface area contributed by atoms with Crippen molar-refractivity contribution in [1.29, 1.82) is 0 Å². The summed E-state index contributed by atoms with van der Waals surface area (Å²) in [6.45, 7) is 4.02. The average Bonchev–Trinajstić information content (AvgIpc) is 2.62. The minimum Gasteiger partial charge on any atom is -0.495 e. The predicted octanol–water partition coefficient (Wildman–Crippen LogP) is 5.36. The van der Waals surface area contributed by atoms with Gasteiger partial charge in [-0.25, -0.2) is 4.98 Å². The lowest BCUT2D eigenvalue weighted by molar-refractivity contribution is 0.415. The van der Waals surface area contributed by atoms with E-state index in [4.69, 9.17) is 16.3 Å².